The highest BCUT2D eigenvalue weighted by Crippen LogP contribution is 1.71. The van der Waals surface area contributed by atoms with E-state index in [1.807, 2.05) is 0 Å². The molecule has 0 aromatic heterocycles. The summed E-state index contributed by atoms with van der Waals surface area (Å²) in [5.74, 6) is 3.77. The molecule has 0 aromatic rings. The highest BCUT2D eigenvalue weighted by molar-refractivity contribution is 5.75. The van der Waals surface area contributed by atoms with Gasteiger partial charge in [0.2, 0.25) is 5.91 Å². The smallest absolute Gasteiger partial charge is 0.303 e. The van der Waals surface area contributed by atoms with Gasteiger partial charge in [0.15, 0.2) is 0 Å². The van der Waals surface area contributed by atoms with Gasteiger partial charge in [0.05, 0.1) is 13.1 Å². The van der Waals surface area contributed by atoms with Crippen LogP contribution in [0.5, 0.6) is 0 Å². The van der Waals surface area contributed by atoms with E-state index in [-0.39, 0.29) is 12.3 Å². The zero-order chi connectivity index (χ0) is 16.8. The molecule has 0 unspecified atom stereocenters. The number of nitrogens with one attached hydrogen (secondary N) is 1. The van der Waals surface area contributed by atoms with Crippen LogP contribution in [0.3, 0.4) is 0 Å². The molecule has 0 spiro atoms. The van der Waals surface area contributed by atoms with E-state index in [0.717, 1.165) is 0 Å². The molecule has 0 fully saturated rings. The van der Waals surface area contributed by atoms with Crippen LogP contribution in [0.4, 0.5) is 0 Å². The second kappa shape index (κ2) is 29.6. The lowest BCUT2D eigenvalue weighted by atomic mass is 10.4. The summed E-state index contributed by atoms with van der Waals surface area (Å²) in [6.45, 7) is 4.07. The van der Waals surface area contributed by atoms with E-state index in [4.69, 9.17) is 18.6 Å². The van der Waals surface area contributed by atoms with Crippen molar-refractivity contribution in [2.45, 2.75) is 26.7 Å². The van der Waals surface area contributed by atoms with Crippen LogP contribution in [-0.2, 0) is 9.59 Å². The Balaban J connectivity index is -0.0000000924. The third-order valence-corrected chi connectivity index (χ3v) is 1.13. The van der Waals surface area contributed by atoms with Gasteiger partial charge in [0.25, 0.3) is 0 Å². The second-order valence-electron chi connectivity index (χ2n) is 2.49. The van der Waals surface area contributed by atoms with Gasteiger partial charge in [0, 0.05) is 12.8 Å². The van der Waals surface area contributed by atoms with Crippen molar-refractivity contribution in [1.82, 2.24) is 5.32 Å². The van der Waals surface area contributed by atoms with Crippen molar-refractivity contribution < 1.29 is 16.1 Å². The van der Waals surface area contributed by atoms with Crippen molar-refractivity contribution in [3.8, 4) is 37.5 Å². The van der Waals surface area contributed by atoms with Gasteiger partial charge in [-0.25, -0.2) is 0 Å². The van der Waals surface area contributed by atoms with Crippen LogP contribution < -0.4 is 11.1 Å². The zero-order valence-corrected chi connectivity index (χ0v) is 11.4. The first-order valence-corrected chi connectivity index (χ1v) is 5.34. The summed E-state index contributed by atoms with van der Waals surface area (Å²) < 4.78 is 5.74. The first-order chi connectivity index (χ1) is 9.41. The lowest BCUT2D eigenvalue weighted by Crippen LogP contribution is -2.21. The van der Waals surface area contributed by atoms with Crippen molar-refractivity contribution in [1.29, 1.82) is 0 Å². The minimum Gasteiger partial charge on any atom is -0.481 e. The molecule has 0 rings (SSSR count). The Bertz CT molecular complexity index is 349. The average molecular weight is 267 g/mol. The van der Waals surface area contributed by atoms with Crippen LogP contribution in [0.2, 0.25) is 0 Å². The van der Waals surface area contributed by atoms with E-state index in [9.17, 15) is 9.59 Å². The van der Waals surface area contributed by atoms with Crippen LogP contribution in [0.25, 0.3) is 0 Å². The molecule has 1 amide bonds. The molecule has 5 nitrogen and oxygen atoms in total. The summed E-state index contributed by atoms with van der Waals surface area (Å²) in [7, 11) is 0. The molecule has 5 heteroatoms. The topological polar surface area (TPSA) is 92.4 Å². The first-order valence-electron chi connectivity index (χ1n) is 5.84. The van der Waals surface area contributed by atoms with Gasteiger partial charge in [0.1, 0.15) is 1.37 Å². The molecule has 0 saturated carbocycles. The predicted octanol–water partition coefficient (Wildman–Crippen LogP) is 0.454. The van der Waals surface area contributed by atoms with E-state index in [1.54, 1.807) is 13.8 Å². The minimum absolute atomic E-state index is 0.00273. The highest BCUT2D eigenvalue weighted by atomic mass is 16.4. The Kier molecular flexibility index (Phi) is 34.0. The van der Waals surface area contributed by atoms with Crippen LogP contribution >= 0.6 is 0 Å². The molecule has 0 atom stereocenters. The molecule has 19 heavy (non-hydrogen) atoms. The van der Waals surface area contributed by atoms with Crippen molar-refractivity contribution in [2.75, 3.05) is 13.1 Å². The number of terminal acetylenes is 3. The van der Waals surface area contributed by atoms with Gasteiger partial charge in [-0.3, -0.25) is 9.59 Å². The van der Waals surface area contributed by atoms with Crippen molar-refractivity contribution in [3.05, 3.63) is 0 Å². The van der Waals surface area contributed by atoms with Crippen LogP contribution in [0, 0.1) is 37.5 Å². The quantitative estimate of drug-likeness (QED) is 0.647. The molecular weight excluding hydrogens is 244 g/mol. The fourth-order valence-corrected chi connectivity index (χ4v) is 0.275. The Morgan fingerprint density at radius 2 is 1.68 bits per heavy atom. The first kappa shape index (κ1) is 21.8. The Hall–Kier alpha value is -2.42. The number of carboxylic acids is 1. The third-order valence-electron chi connectivity index (χ3n) is 1.13. The lowest BCUT2D eigenvalue weighted by Gasteiger charge is -1.93. The fraction of sp³-hybridized carbons (Fsp3) is 0.429. The van der Waals surface area contributed by atoms with E-state index < -0.39 is 5.97 Å². The van der Waals surface area contributed by atoms with Gasteiger partial charge in [-0.05, 0) is 0 Å². The summed E-state index contributed by atoms with van der Waals surface area (Å²) >= 11 is 0. The molecule has 0 radical (unpaired) electrons. The zero-order valence-electron chi connectivity index (χ0n) is 12.4. The van der Waals surface area contributed by atoms with Gasteiger partial charge < -0.3 is 16.2 Å². The molecule has 0 aliphatic rings. The van der Waals surface area contributed by atoms with Crippen molar-refractivity contribution in [3.63, 3.8) is 0 Å². The number of amides is 1. The van der Waals surface area contributed by atoms with E-state index >= 15 is 0 Å². The van der Waals surface area contributed by atoms with Crippen LogP contribution in [0.1, 0.15) is 28.1 Å². The molecule has 4 N–H and O–H groups in total. The van der Waals surface area contributed by atoms with E-state index in [0.29, 0.717) is 19.5 Å². The summed E-state index contributed by atoms with van der Waals surface area (Å²) in [5, 5.41) is 10.2. The average Bonchev–Trinajstić information content (AvgIpc) is 2.46. The van der Waals surface area contributed by atoms with Gasteiger partial charge >= 0.3 is 5.97 Å². The highest BCUT2D eigenvalue weighted by Gasteiger charge is 1.89. The molecule has 0 aromatic carbocycles. The Morgan fingerprint density at radius 1 is 1.32 bits per heavy atom. The Morgan fingerprint density at radius 3 is 1.84 bits per heavy atom. The number of nitrogens with two attached hydrogens (primary N) is 1. The number of carbonyl (C=O) groups excluding carboxylic acids is 1. The summed E-state index contributed by atoms with van der Waals surface area (Å²) in [6.07, 6.45) is 16.0. The molecule has 0 aliphatic carbocycles. The fourth-order valence-electron chi connectivity index (χ4n) is 0.275. The maximum atomic E-state index is 10.4. The number of rotatable bonds is 3. The second-order valence-corrected chi connectivity index (χ2v) is 2.49. The SMILES string of the molecule is C#CCN.C#CCNC(=O)CC.CCC(=O)O.[2H]C#C. The maximum absolute atomic E-state index is 10.4. The molecule has 0 bridgehead atoms. The standard InChI is InChI=1S/C6H9NO.C3H5N.C3H6O2.C2H2/c1-3-5-7-6(8)4-2;1-2-3-4;1-2-3(4)5;1-2/h1H,4-5H2,2H3,(H,7,8);1H,3-4H2;2H2,1H3,(H,4,5);1-2H/i;;;1D. The third kappa shape index (κ3) is 66.4. The van der Waals surface area contributed by atoms with Gasteiger partial charge in [-0.1, -0.05) is 25.7 Å². The minimum atomic E-state index is -0.745. The van der Waals surface area contributed by atoms with E-state index in [1.165, 1.54) is 6.40 Å². The normalized spacial score (nSPS) is 6.63. The van der Waals surface area contributed by atoms with Crippen molar-refractivity contribution >= 4 is 11.9 Å². The van der Waals surface area contributed by atoms with Crippen LogP contribution in [-0.4, -0.2) is 30.1 Å². The Labute approximate surface area is 117 Å². The largest absolute Gasteiger partial charge is 0.481 e. The molecule has 0 heterocycles. The predicted molar refractivity (Wildman–Crippen MR) is 77.8 cm³/mol. The summed E-state index contributed by atoms with van der Waals surface area (Å²) in [4.78, 5) is 19.7. The van der Waals surface area contributed by atoms with Gasteiger partial charge in [-0.2, -0.15) is 0 Å². The molecule has 0 aliphatic heterocycles. The van der Waals surface area contributed by atoms with E-state index in [2.05, 4.69) is 30.0 Å². The van der Waals surface area contributed by atoms with Gasteiger partial charge in [-0.15, -0.1) is 25.7 Å². The number of hydrogen-bond donors (Lipinski definition) is 3. The maximum Gasteiger partial charge on any atom is 0.303 e. The molecule has 106 valence electrons. The van der Waals surface area contributed by atoms with Crippen LogP contribution in [0.15, 0.2) is 0 Å². The number of aliphatic carboxylic acids is 1. The number of carboxylic acid groups (broad SMARTS) is 1. The molecule has 0 saturated heterocycles. The summed E-state index contributed by atoms with van der Waals surface area (Å²) in [6, 6.07) is 0. The molecular formula is C14H22N2O3. The number of hydrogen-bond acceptors (Lipinski definition) is 3. The number of carbonyl (C=O) groups is 2. The van der Waals surface area contributed by atoms with Crippen molar-refractivity contribution in [2.24, 2.45) is 5.73 Å². The monoisotopic (exact) mass is 267 g/mol. The summed E-state index contributed by atoms with van der Waals surface area (Å²) in [5.41, 5.74) is 4.79. The lowest BCUT2D eigenvalue weighted by molar-refractivity contribution is -0.136.